The third kappa shape index (κ3) is 2.65. The Morgan fingerprint density at radius 1 is 1.08 bits per heavy atom. The highest BCUT2D eigenvalue weighted by Crippen LogP contribution is 2.39. The first-order chi connectivity index (χ1) is 12.1. The molecule has 126 valence electrons. The zero-order chi connectivity index (χ0) is 17.4. The Morgan fingerprint density at radius 3 is 2.68 bits per heavy atom. The number of halogens is 1. The van der Waals surface area contributed by atoms with Crippen LogP contribution in [0, 0.1) is 5.82 Å². The normalized spacial score (nSPS) is 23.0. The largest absolute Gasteiger partial charge is 0.399 e. The second-order valence-corrected chi connectivity index (χ2v) is 6.62. The van der Waals surface area contributed by atoms with E-state index in [0.29, 0.717) is 12.1 Å². The molecule has 3 nitrogen and oxygen atoms in total. The fourth-order valence-electron chi connectivity index (χ4n) is 3.76. The van der Waals surface area contributed by atoms with Crippen LogP contribution < -0.4 is 11.5 Å². The molecule has 0 fully saturated rings. The van der Waals surface area contributed by atoms with Crippen molar-refractivity contribution in [1.82, 2.24) is 4.98 Å². The molecule has 1 aliphatic rings. The molecule has 2 unspecified atom stereocenters. The van der Waals surface area contributed by atoms with Crippen molar-refractivity contribution in [3.05, 3.63) is 95.6 Å². The van der Waals surface area contributed by atoms with Crippen molar-refractivity contribution >= 4 is 10.9 Å². The topological polar surface area (TPSA) is 67.8 Å². The van der Waals surface area contributed by atoms with Crippen LogP contribution in [-0.4, -0.2) is 11.0 Å². The number of hydrogen-bond donors (Lipinski definition) is 3. The monoisotopic (exact) mass is 333 g/mol. The van der Waals surface area contributed by atoms with E-state index in [9.17, 15) is 4.39 Å². The quantitative estimate of drug-likeness (QED) is 0.686. The van der Waals surface area contributed by atoms with Gasteiger partial charge in [-0.25, -0.2) is 4.39 Å². The number of fused-ring (bicyclic) bond motifs is 1. The van der Waals surface area contributed by atoms with Gasteiger partial charge >= 0.3 is 0 Å². The highest BCUT2D eigenvalue weighted by Gasteiger charge is 2.39. The number of nitrogens with two attached hydrogens (primary N) is 2. The van der Waals surface area contributed by atoms with Crippen molar-refractivity contribution in [2.45, 2.75) is 17.9 Å². The van der Waals surface area contributed by atoms with E-state index < -0.39 is 5.41 Å². The zero-order valence-electron chi connectivity index (χ0n) is 13.7. The van der Waals surface area contributed by atoms with Crippen LogP contribution in [-0.2, 0) is 11.8 Å². The van der Waals surface area contributed by atoms with Gasteiger partial charge in [0, 0.05) is 28.9 Å². The van der Waals surface area contributed by atoms with Gasteiger partial charge in [-0.05, 0) is 53.3 Å². The molecule has 2 aromatic carbocycles. The van der Waals surface area contributed by atoms with Gasteiger partial charge in [0.1, 0.15) is 5.82 Å². The fraction of sp³-hybridized carbons (Fsp3) is 0.143. The van der Waals surface area contributed by atoms with Crippen molar-refractivity contribution in [3.8, 4) is 0 Å². The summed E-state index contributed by atoms with van der Waals surface area (Å²) in [6, 6.07) is 14.6. The van der Waals surface area contributed by atoms with Crippen LogP contribution in [0.3, 0.4) is 0 Å². The van der Waals surface area contributed by atoms with Gasteiger partial charge in [-0.1, -0.05) is 36.4 Å². The number of aromatic nitrogens is 1. The maximum Gasteiger partial charge on any atom is 0.123 e. The van der Waals surface area contributed by atoms with Crippen molar-refractivity contribution in [1.29, 1.82) is 0 Å². The minimum Gasteiger partial charge on any atom is -0.399 e. The summed E-state index contributed by atoms with van der Waals surface area (Å²) in [6.45, 7) is 0. The summed E-state index contributed by atoms with van der Waals surface area (Å²) in [5, 5.41) is 1.13. The summed E-state index contributed by atoms with van der Waals surface area (Å²) < 4.78 is 13.3. The standard InChI is InChI=1S/C21H20FN3/c22-16-6-4-14(5-7-16)12-21(13-17(23)8-9-19(21)24)18-3-1-2-15-10-11-25-20(15)18/h1-11,13,19,25H,12,23-24H2. The number of aromatic amines is 1. The Labute approximate surface area is 145 Å². The highest BCUT2D eigenvalue weighted by molar-refractivity contribution is 5.84. The average molecular weight is 333 g/mol. The molecule has 0 saturated carbocycles. The van der Waals surface area contributed by atoms with E-state index in [0.717, 1.165) is 22.0 Å². The molecule has 0 radical (unpaired) electrons. The molecule has 5 N–H and O–H groups in total. The first kappa shape index (κ1) is 15.7. The van der Waals surface area contributed by atoms with E-state index in [2.05, 4.69) is 17.1 Å². The summed E-state index contributed by atoms with van der Waals surface area (Å²) in [7, 11) is 0. The van der Waals surface area contributed by atoms with Crippen LogP contribution in [0.5, 0.6) is 0 Å². The molecule has 0 bridgehead atoms. The van der Waals surface area contributed by atoms with Gasteiger partial charge in [-0.15, -0.1) is 0 Å². The van der Waals surface area contributed by atoms with E-state index in [1.54, 1.807) is 12.1 Å². The lowest BCUT2D eigenvalue weighted by atomic mass is 9.67. The second-order valence-electron chi connectivity index (χ2n) is 6.62. The predicted molar refractivity (Wildman–Crippen MR) is 99.5 cm³/mol. The van der Waals surface area contributed by atoms with Gasteiger partial charge in [0.25, 0.3) is 0 Å². The van der Waals surface area contributed by atoms with Crippen LogP contribution in [0.2, 0.25) is 0 Å². The van der Waals surface area contributed by atoms with Gasteiger partial charge < -0.3 is 16.5 Å². The smallest absolute Gasteiger partial charge is 0.123 e. The second kappa shape index (κ2) is 5.90. The van der Waals surface area contributed by atoms with Crippen LogP contribution in [0.15, 0.2) is 78.7 Å². The van der Waals surface area contributed by atoms with Crippen LogP contribution >= 0.6 is 0 Å². The lowest BCUT2D eigenvalue weighted by Crippen LogP contribution is -2.46. The first-order valence-electron chi connectivity index (χ1n) is 8.32. The molecule has 25 heavy (non-hydrogen) atoms. The van der Waals surface area contributed by atoms with Crippen molar-refractivity contribution in [2.24, 2.45) is 11.5 Å². The van der Waals surface area contributed by atoms with Crippen molar-refractivity contribution in [2.75, 3.05) is 0 Å². The molecule has 1 heterocycles. The van der Waals surface area contributed by atoms with Gasteiger partial charge in [0.2, 0.25) is 0 Å². The summed E-state index contributed by atoms with van der Waals surface area (Å²) in [6.07, 6.45) is 8.40. The van der Waals surface area contributed by atoms with Gasteiger partial charge in [0.05, 0.1) is 0 Å². The molecule has 3 aromatic rings. The molecule has 4 rings (SSSR count). The molecule has 4 heteroatoms. The molecule has 2 atom stereocenters. The molecular weight excluding hydrogens is 313 g/mol. The summed E-state index contributed by atoms with van der Waals surface area (Å²) in [4.78, 5) is 3.33. The summed E-state index contributed by atoms with van der Waals surface area (Å²) >= 11 is 0. The predicted octanol–water partition coefficient (Wildman–Crippen LogP) is 3.53. The Balaban J connectivity index is 1.92. The molecular formula is C21H20FN3. The van der Waals surface area contributed by atoms with E-state index >= 15 is 0 Å². The lowest BCUT2D eigenvalue weighted by Gasteiger charge is -2.38. The van der Waals surface area contributed by atoms with E-state index in [4.69, 9.17) is 11.5 Å². The van der Waals surface area contributed by atoms with Gasteiger partial charge in [0.15, 0.2) is 0 Å². The molecule has 0 saturated heterocycles. The Hall–Kier alpha value is -2.85. The average Bonchev–Trinajstić information content (AvgIpc) is 3.09. The molecule has 1 aromatic heterocycles. The number of allylic oxidation sites excluding steroid dienone is 1. The van der Waals surface area contributed by atoms with Crippen molar-refractivity contribution in [3.63, 3.8) is 0 Å². The number of hydrogen-bond acceptors (Lipinski definition) is 2. The number of para-hydroxylation sites is 1. The zero-order valence-corrected chi connectivity index (χ0v) is 13.7. The minimum absolute atomic E-state index is 0.237. The minimum atomic E-state index is -0.499. The van der Waals surface area contributed by atoms with E-state index in [1.165, 1.54) is 12.1 Å². The Morgan fingerprint density at radius 2 is 1.88 bits per heavy atom. The maximum atomic E-state index is 13.3. The summed E-state index contributed by atoms with van der Waals surface area (Å²) in [5.74, 6) is -0.243. The SMILES string of the molecule is NC1=CC(Cc2ccc(F)cc2)(c2cccc3cc[nH]c23)C(N)C=C1. The third-order valence-corrected chi connectivity index (χ3v) is 5.01. The van der Waals surface area contributed by atoms with E-state index in [1.807, 2.05) is 36.6 Å². The van der Waals surface area contributed by atoms with Gasteiger partial charge in [-0.2, -0.15) is 0 Å². The van der Waals surface area contributed by atoms with Crippen LogP contribution in [0.1, 0.15) is 11.1 Å². The van der Waals surface area contributed by atoms with Crippen LogP contribution in [0.25, 0.3) is 10.9 Å². The molecule has 0 spiro atoms. The Kier molecular flexibility index (Phi) is 3.70. The number of H-pyrrole nitrogens is 1. The summed E-state index contributed by atoms with van der Waals surface area (Å²) in [5.41, 5.74) is 16.1. The van der Waals surface area contributed by atoms with Crippen LogP contribution in [0.4, 0.5) is 4.39 Å². The maximum absolute atomic E-state index is 13.3. The highest BCUT2D eigenvalue weighted by atomic mass is 19.1. The van der Waals surface area contributed by atoms with E-state index in [-0.39, 0.29) is 11.9 Å². The number of nitrogens with one attached hydrogen (secondary N) is 1. The third-order valence-electron chi connectivity index (χ3n) is 5.01. The van der Waals surface area contributed by atoms with Gasteiger partial charge in [-0.3, -0.25) is 0 Å². The van der Waals surface area contributed by atoms with Crippen molar-refractivity contribution < 1.29 is 4.39 Å². The number of benzene rings is 2. The number of rotatable bonds is 3. The lowest BCUT2D eigenvalue weighted by molar-refractivity contribution is 0.468. The Bertz CT molecular complexity index is 968. The molecule has 0 aliphatic heterocycles. The first-order valence-corrected chi connectivity index (χ1v) is 8.32. The molecule has 1 aliphatic carbocycles. The fourth-order valence-corrected chi connectivity index (χ4v) is 3.76. The molecule has 0 amide bonds.